The third-order valence-electron chi connectivity index (χ3n) is 4.01. The second-order valence-electron chi connectivity index (χ2n) is 5.54. The van der Waals surface area contributed by atoms with E-state index in [2.05, 4.69) is 4.90 Å². The molecule has 0 bridgehead atoms. The van der Waals surface area contributed by atoms with Crippen molar-refractivity contribution >= 4 is 27.8 Å². The normalized spacial score (nSPS) is 20.2. The van der Waals surface area contributed by atoms with Gasteiger partial charge in [0.15, 0.2) is 11.5 Å². The number of ether oxygens (including phenoxy) is 1. The Hall–Kier alpha value is -1.27. The number of anilines is 2. The lowest BCUT2D eigenvalue weighted by atomic mass is 10.1. The number of nitrogen functional groups attached to an aromatic ring is 1. The molecular formula is C14H20N2O3S. The maximum Gasteiger partial charge on any atom is 0.178 e. The molecule has 0 aromatic carbocycles. The summed E-state index contributed by atoms with van der Waals surface area (Å²) < 4.78 is 5.42. The zero-order valence-electron chi connectivity index (χ0n) is 11.6. The van der Waals surface area contributed by atoms with E-state index in [0.717, 1.165) is 43.8 Å². The van der Waals surface area contributed by atoms with E-state index in [-0.39, 0.29) is 17.8 Å². The summed E-state index contributed by atoms with van der Waals surface area (Å²) in [6.45, 7) is 1.54. The highest BCUT2D eigenvalue weighted by atomic mass is 32.1. The number of rotatable bonds is 4. The van der Waals surface area contributed by atoms with Crippen LogP contribution in [0.5, 0.6) is 5.75 Å². The SMILES string of the molecule is COc1c(N2CCC(O)CC2)sc(C(=O)C2CC2)c1N. The Morgan fingerprint density at radius 3 is 2.55 bits per heavy atom. The van der Waals surface area contributed by atoms with E-state index in [1.807, 2.05) is 0 Å². The first-order chi connectivity index (χ1) is 9.61. The first-order valence-electron chi connectivity index (χ1n) is 7.05. The number of aliphatic hydroxyl groups excluding tert-OH is 1. The topological polar surface area (TPSA) is 75.8 Å². The summed E-state index contributed by atoms with van der Waals surface area (Å²) in [6, 6.07) is 0. The second-order valence-corrected chi connectivity index (χ2v) is 6.54. The maximum absolute atomic E-state index is 12.3. The van der Waals surface area contributed by atoms with Crippen molar-refractivity contribution in [3.8, 4) is 5.75 Å². The Kier molecular flexibility index (Phi) is 3.60. The number of carbonyl (C=O) groups excluding carboxylic acids is 1. The summed E-state index contributed by atoms with van der Waals surface area (Å²) >= 11 is 1.44. The highest BCUT2D eigenvalue weighted by molar-refractivity contribution is 7.19. The molecule has 1 aromatic heterocycles. The average Bonchev–Trinajstić information content (AvgIpc) is 3.23. The van der Waals surface area contributed by atoms with Gasteiger partial charge in [0.25, 0.3) is 0 Å². The standard InChI is InChI=1S/C14H20N2O3S/c1-19-12-10(15)13(11(18)8-2-3-8)20-14(12)16-6-4-9(17)5-7-16/h8-9,17H,2-7,15H2,1H3. The molecule has 1 saturated heterocycles. The van der Waals surface area contributed by atoms with Crippen LogP contribution in [0.3, 0.4) is 0 Å². The lowest BCUT2D eigenvalue weighted by molar-refractivity contribution is 0.0972. The summed E-state index contributed by atoms with van der Waals surface area (Å²) in [5, 5.41) is 10.5. The number of hydrogen-bond donors (Lipinski definition) is 2. The van der Waals surface area contributed by atoms with Crippen LogP contribution in [0.1, 0.15) is 35.4 Å². The number of methoxy groups -OCH3 is 1. The zero-order chi connectivity index (χ0) is 14.3. The van der Waals surface area contributed by atoms with Gasteiger partial charge in [0.1, 0.15) is 5.00 Å². The lowest BCUT2D eigenvalue weighted by Gasteiger charge is -2.30. The molecule has 20 heavy (non-hydrogen) atoms. The molecule has 0 atom stereocenters. The molecule has 0 radical (unpaired) electrons. The van der Waals surface area contributed by atoms with E-state index in [1.165, 1.54) is 11.3 Å². The molecule has 5 nitrogen and oxygen atoms in total. The van der Waals surface area contributed by atoms with E-state index >= 15 is 0 Å². The van der Waals surface area contributed by atoms with Crippen LogP contribution in [0.4, 0.5) is 10.7 Å². The van der Waals surface area contributed by atoms with Crippen LogP contribution in [0.2, 0.25) is 0 Å². The smallest absolute Gasteiger partial charge is 0.178 e. The number of Topliss-reactive ketones (excluding diaryl/α,β-unsaturated/α-hetero) is 1. The molecule has 0 spiro atoms. The fourth-order valence-electron chi connectivity index (χ4n) is 2.60. The van der Waals surface area contributed by atoms with Crippen LogP contribution < -0.4 is 15.4 Å². The molecule has 1 aliphatic heterocycles. The highest BCUT2D eigenvalue weighted by Crippen LogP contribution is 2.48. The van der Waals surface area contributed by atoms with Gasteiger partial charge in [-0.05, 0) is 25.7 Å². The molecule has 2 fully saturated rings. The van der Waals surface area contributed by atoms with Crippen molar-refractivity contribution in [1.29, 1.82) is 0 Å². The zero-order valence-corrected chi connectivity index (χ0v) is 12.4. The average molecular weight is 296 g/mol. The number of nitrogens with two attached hydrogens (primary N) is 1. The van der Waals surface area contributed by atoms with Gasteiger partial charge < -0.3 is 20.5 Å². The van der Waals surface area contributed by atoms with Crippen molar-refractivity contribution in [1.82, 2.24) is 0 Å². The van der Waals surface area contributed by atoms with Gasteiger partial charge in [-0.3, -0.25) is 4.79 Å². The summed E-state index contributed by atoms with van der Waals surface area (Å²) in [7, 11) is 1.59. The number of hydrogen-bond acceptors (Lipinski definition) is 6. The summed E-state index contributed by atoms with van der Waals surface area (Å²) in [5.41, 5.74) is 6.59. The van der Waals surface area contributed by atoms with Crippen molar-refractivity contribution in [3.63, 3.8) is 0 Å². The minimum absolute atomic E-state index is 0.161. The van der Waals surface area contributed by atoms with E-state index in [0.29, 0.717) is 16.3 Å². The quantitative estimate of drug-likeness (QED) is 0.830. The van der Waals surface area contributed by atoms with Crippen molar-refractivity contribution in [3.05, 3.63) is 4.88 Å². The third kappa shape index (κ3) is 2.38. The Balaban J connectivity index is 1.89. The highest BCUT2D eigenvalue weighted by Gasteiger charge is 2.35. The predicted octanol–water partition coefficient (Wildman–Crippen LogP) is 1.89. The molecule has 3 rings (SSSR count). The fraction of sp³-hybridized carbons (Fsp3) is 0.643. The van der Waals surface area contributed by atoms with Crippen molar-refractivity contribution in [2.75, 3.05) is 30.8 Å². The second kappa shape index (κ2) is 5.26. The summed E-state index contributed by atoms with van der Waals surface area (Å²) in [6.07, 6.45) is 3.22. The molecule has 0 unspecified atom stereocenters. The van der Waals surface area contributed by atoms with Crippen molar-refractivity contribution in [2.45, 2.75) is 31.8 Å². The molecular weight excluding hydrogens is 276 g/mol. The molecule has 2 aliphatic rings. The van der Waals surface area contributed by atoms with Gasteiger partial charge in [-0.2, -0.15) is 0 Å². The molecule has 1 saturated carbocycles. The summed E-state index contributed by atoms with van der Waals surface area (Å²) in [5.74, 6) is 0.946. The van der Waals surface area contributed by atoms with Gasteiger partial charge in [-0.25, -0.2) is 0 Å². The number of piperidine rings is 1. The van der Waals surface area contributed by atoms with E-state index in [4.69, 9.17) is 10.5 Å². The molecule has 1 aliphatic carbocycles. The molecule has 3 N–H and O–H groups in total. The maximum atomic E-state index is 12.3. The molecule has 1 aromatic rings. The Bertz CT molecular complexity index is 517. The largest absolute Gasteiger partial charge is 0.492 e. The van der Waals surface area contributed by atoms with Gasteiger partial charge in [-0.15, -0.1) is 11.3 Å². The first kappa shape index (κ1) is 13.7. The van der Waals surface area contributed by atoms with Crippen LogP contribution in [-0.4, -0.2) is 37.2 Å². The van der Waals surface area contributed by atoms with Crippen LogP contribution in [0.15, 0.2) is 0 Å². The molecule has 110 valence electrons. The monoisotopic (exact) mass is 296 g/mol. The van der Waals surface area contributed by atoms with E-state index in [1.54, 1.807) is 7.11 Å². The number of thiophene rings is 1. The van der Waals surface area contributed by atoms with Crippen LogP contribution in [0, 0.1) is 5.92 Å². The third-order valence-corrected chi connectivity index (χ3v) is 5.27. The van der Waals surface area contributed by atoms with Gasteiger partial charge in [-0.1, -0.05) is 0 Å². The Labute approximate surface area is 122 Å². The van der Waals surface area contributed by atoms with Crippen molar-refractivity contribution < 1.29 is 14.6 Å². The minimum Gasteiger partial charge on any atom is -0.492 e. The van der Waals surface area contributed by atoms with Crippen LogP contribution >= 0.6 is 11.3 Å². The Morgan fingerprint density at radius 1 is 1.35 bits per heavy atom. The summed E-state index contributed by atoms with van der Waals surface area (Å²) in [4.78, 5) is 15.1. The number of ketones is 1. The lowest BCUT2D eigenvalue weighted by Crippen LogP contribution is -2.35. The van der Waals surface area contributed by atoms with Crippen LogP contribution in [0.25, 0.3) is 0 Å². The van der Waals surface area contributed by atoms with E-state index < -0.39 is 0 Å². The molecule has 6 heteroatoms. The number of aliphatic hydroxyl groups is 1. The van der Waals surface area contributed by atoms with E-state index in [9.17, 15) is 9.90 Å². The first-order valence-corrected chi connectivity index (χ1v) is 7.87. The Morgan fingerprint density at radius 2 is 2.00 bits per heavy atom. The number of carbonyl (C=O) groups is 1. The number of nitrogens with zero attached hydrogens (tertiary/aromatic N) is 1. The fourth-order valence-corrected chi connectivity index (χ4v) is 3.87. The van der Waals surface area contributed by atoms with Gasteiger partial charge in [0.05, 0.1) is 23.8 Å². The van der Waals surface area contributed by atoms with Crippen molar-refractivity contribution in [2.24, 2.45) is 5.92 Å². The molecule has 2 heterocycles. The van der Waals surface area contributed by atoms with Crippen LogP contribution in [-0.2, 0) is 0 Å². The predicted molar refractivity (Wildman–Crippen MR) is 79.8 cm³/mol. The van der Waals surface area contributed by atoms with Gasteiger partial charge >= 0.3 is 0 Å². The van der Waals surface area contributed by atoms with Gasteiger partial charge in [0.2, 0.25) is 0 Å². The molecule has 0 amide bonds. The minimum atomic E-state index is -0.220. The van der Waals surface area contributed by atoms with Gasteiger partial charge in [0, 0.05) is 19.0 Å².